The largest absolute Gasteiger partial charge is 1.00 e. The van der Waals surface area contributed by atoms with E-state index in [2.05, 4.69) is 11.9 Å². The number of rotatable bonds is 24. The summed E-state index contributed by atoms with van der Waals surface area (Å²) in [5.74, 6) is 0.0105. The van der Waals surface area contributed by atoms with Crippen molar-refractivity contribution in [3.63, 3.8) is 0 Å². The van der Waals surface area contributed by atoms with E-state index in [1.807, 2.05) is 0 Å². The maximum Gasteiger partial charge on any atom is 1.00 e. The molecular weight excluding hydrogens is 588 g/mol. The molecule has 2 unspecified atom stereocenters. The number of anilines is 1. The molecule has 0 amide bonds. The van der Waals surface area contributed by atoms with Gasteiger partial charge in [0.25, 0.3) is 0 Å². The molecule has 1 aromatic heterocycles. The first kappa shape index (κ1) is 42.6. The molecule has 1 aliphatic rings. The van der Waals surface area contributed by atoms with E-state index in [0.29, 0.717) is 6.42 Å². The molecule has 0 radical (unpaired) electrons. The van der Waals surface area contributed by atoms with E-state index in [4.69, 9.17) is 19.7 Å². The molecule has 43 heavy (non-hydrogen) atoms. The molecule has 2 rings (SSSR count). The molecule has 0 aromatic carbocycles. The van der Waals surface area contributed by atoms with Crippen LogP contribution in [0.25, 0.3) is 0 Å². The summed E-state index contributed by atoms with van der Waals surface area (Å²) in [5.41, 5.74) is 4.72. The summed E-state index contributed by atoms with van der Waals surface area (Å²) in [5, 5.41) is 20.5. The number of aliphatic hydroxyl groups is 2. The van der Waals surface area contributed by atoms with Gasteiger partial charge in [-0.1, -0.05) is 90.4 Å². The van der Waals surface area contributed by atoms with Crippen molar-refractivity contribution in [2.45, 2.75) is 134 Å². The maximum absolute atomic E-state index is 12.3. The molecule has 6 N–H and O–H groups in total. The van der Waals surface area contributed by atoms with Crippen LogP contribution in [0, 0.1) is 0 Å². The van der Waals surface area contributed by atoms with Crippen LogP contribution < -0.4 is 45.9 Å². The maximum atomic E-state index is 12.3. The van der Waals surface area contributed by atoms with Gasteiger partial charge >= 0.3 is 35.2 Å². The van der Waals surface area contributed by atoms with Gasteiger partial charge in [-0.25, -0.2) is 4.79 Å². The first-order valence-electron chi connectivity index (χ1n) is 15.6. The molecule has 14 heteroatoms. The molecule has 0 bridgehead atoms. The number of hydrogen-bond donors (Lipinski definition) is 3. The number of aliphatic hydroxyl groups excluding tert-OH is 2. The fourth-order valence-electron chi connectivity index (χ4n) is 4.98. The smallest absolute Gasteiger partial charge is 0.778 e. The van der Waals surface area contributed by atoms with E-state index in [1.54, 1.807) is 0 Å². The van der Waals surface area contributed by atoms with Crippen LogP contribution in [0.2, 0.25) is 0 Å². The Labute approximate surface area is 279 Å². The normalized spacial score (nSPS) is 21.2. The number of aromatic nitrogens is 2. The van der Waals surface area contributed by atoms with Gasteiger partial charge in [-0.2, -0.15) is 4.98 Å². The summed E-state index contributed by atoms with van der Waals surface area (Å²) in [6.45, 7) is 3.52. The second-order valence-electron chi connectivity index (χ2n) is 11.1. The first-order valence-corrected chi connectivity index (χ1v) is 17.4. The number of ether oxygens (including phenoxy) is 2. The second-order valence-corrected chi connectivity index (χ2v) is 13.1. The van der Waals surface area contributed by atoms with Gasteiger partial charge in [0.1, 0.15) is 31.7 Å². The van der Waals surface area contributed by atoms with Gasteiger partial charge < -0.3 is 44.9 Å². The minimum atomic E-state index is -4.13. The Morgan fingerprint density at radius 1 is 0.930 bits per heavy atom. The molecule has 1 saturated heterocycles. The van der Waals surface area contributed by atoms with Crippen molar-refractivity contribution in [1.82, 2.24) is 9.55 Å². The Bertz CT molecular complexity index is 943. The van der Waals surface area contributed by atoms with Crippen LogP contribution in [-0.2, 0) is 18.6 Å². The van der Waals surface area contributed by atoms with Crippen LogP contribution in [0.4, 0.5) is 5.82 Å². The van der Waals surface area contributed by atoms with Crippen molar-refractivity contribution in [3.05, 3.63) is 22.7 Å². The van der Waals surface area contributed by atoms with Gasteiger partial charge in [-0.3, -0.25) is 4.57 Å². The van der Waals surface area contributed by atoms with Crippen LogP contribution in [0.1, 0.15) is 116 Å². The summed E-state index contributed by atoms with van der Waals surface area (Å²) >= 11 is 0. The zero-order chi connectivity index (χ0) is 29.9. The SMILES string of the molecule is CCCCCCCCCCOCCCCCCCCCCP(=O)([O-])OC[C@H]1O[C@@H](n2ccc(N)nc2=O)C(O)[C@H]1O.O.[Na+]. The van der Waals surface area contributed by atoms with Gasteiger partial charge in [0.2, 0.25) is 0 Å². The Kier molecular flexibility index (Phi) is 24.6. The minimum absolute atomic E-state index is 0. The Morgan fingerprint density at radius 2 is 1.44 bits per heavy atom. The molecule has 1 aromatic rings. The third-order valence-electron chi connectivity index (χ3n) is 7.51. The molecule has 246 valence electrons. The van der Waals surface area contributed by atoms with E-state index in [0.717, 1.165) is 56.3 Å². The zero-order valence-electron chi connectivity index (χ0n) is 26.4. The van der Waals surface area contributed by atoms with Crippen molar-refractivity contribution in [2.75, 3.05) is 31.7 Å². The fraction of sp³-hybridized carbons (Fsp3) is 0.862. The number of hydrogen-bond acceptors (Lipinski definition) is 10. The van der Waals surface area contributed by atoms with Crippen LogP contribution >= 0.6 is 7.60 Å². The van der Waals surface area contributed by atoms with E-state index in [9.17, 15) is 24.5 Å². The monoisotopic (exact) mass is 643 g/mol. The zero-order valence-corrected chi connectivity index (χ0v) is 29.3. The summed E-state index contributed by atoms with van der Waals surface area (Å²) < 4.78 is 29.6. The Balaban J connectivity index is 0.00000882. The van der Waals surface area contributed by atoms with E-state index < -0.39 is 44.4 Å². The Morgan fingerprint density at radius 3 is 1.98 bits per heavy atom. The van der Waals surface area contributed by atoms with E-state index >= 15 is 0 Å². The predicted octanol–water partition coefficient (Wildman–Crippen LogP) is 0.472. The van der Waals surface area contributed by atoms with Crippen molar-refractivity contribution in [3.8, 4) is 0 Å². The second kappa shape index (κ2) is 24.8. The van der Waals surface area contributed by atoms with Crippen molar-refractivity contribution >= 4 is 13.4 Å². The number of nitrogens with zero attached hydrogens (tertiary/aromatic N) is 2. The van der Waals surface area contributed by atoms with Gasteiger partial charge in [0.05, 0.1) is 6.61 Å². The van der Waals surface area contributed by atoms with E-state index in [1.165, 1.54) is 70.1 Å². The topological polar surface area (TPSA) is 201 Å². The summed E-state index contributed by atoms with van der Waals surface area (Å²) in [6.07, 6.45) is 14.4. The molecule has 0 aliphatic carbocycles. The van der Waals surface area contributed by atoms with Gasteiger partial charge in [0, 0.05) is 25.6 Å². The summed E-state index contributed by atoms with van der Waals surface area (Å²) in [6, 6.07) is 1.36. The molecule has 1 fully saturated rings. The van der Waals surface area contributed by atoms with Gasteiger partial charge in [-0.05, 0) is 25.3 Å². The van der Waals surface area contributed by atoms with Crippen molar-refractivity contribution in [2.24, 2.45) is 0 Å². The summed E-state index contributed by atoms with van der Waals surface area (Å²) in [4.78, 5) is 27.9. The first-order chi connectivity index (χ1) is 19.7. The van der Waals surface area contributed by atoms with Crippen molar-refractivity contribution < 1.29 is 68.7 Å². The molecular formula is C29H55N3NaO9P. The molecule has 12 nitrogen and oxygen atoms in total. The van der Waals surface area contributed by atoms with Crippen LogP contribution in [0.5, 0.6) is 0 Å². The molecule has 2 heterocycles. The predicted molar refractivity (Wildman–Crippen MR) is 161 cm³/mol. The molecule has 0 saturated carbocycles. The third-order valence-corrected chi connectivity index (χ3v) is 8.92. The number of unbranched alkanes of at least 4 members (excludes halogenated alkanes) is 14. The average molecular weight is 644 g/mol. The minimum Gasteiger partial charge on any atom is -0.778 e. The molecule has 5 atom stereocenters. The quantitative estimate of drug-likeness (QED) is 0.0808. The van der Waals surface area contributed by atoms with Crippen LogP contribution in [0.15, 0.2) is 17.1 Å². The van der Waals surface area contributed by atoms with Crippen LogP contribution in [-0.4, -0.2) is 69.5 Å². The van der Waals surface area contributed by atoms with Crippen molar-refractivity contribution in [1.29, 1.82) is 0 Å². The van der Waals surface area contributed by atoms with Crippen LogP contribution in [0.3, 0.4) is 0 Å². The summed E-state index contributed by atoms with van der Waals surface area (Å²) in [7, 11) is -4.13. The average Bonchev–Trinajstić information content (AvgIpc) is 3.22. The standard InChI is InChI=1S/C29H54N3O8P.Na.H2O/c1-2-3-4-5-6-9-12-15-20-38-21-16-13-10-7-8-11-14-17-22-41(36,37)39-23-24-26(33)27(34)28(40-24)32-19-18-25(30)31-29(32)35;;/h18-19,24,26-28,33-34H,2-17,20-23H2,1H3,(H,36,37)(H2,30,31,35);;1H2/q;+1;/p-1/t24-,26+,27?,28-;;/m1../s1. The number of nitrogen functional groups attached to an aromatic ring is 1. The number of nitrogens with two attached hydrogens (primary N) is 1. The fourth-order valence-corrected chi connectivity index (χ4v) is 6.09. The van der Waals surface area contributed by atoms with E-state index in [-0.39, 0.29) is 47.0 Å². The van der Waals surface area contributed by atoms with Gasteiger partial charge in [-0.15, -0.1) is 0 Å². The van der Waals surface area contributed by atoms with Gasteiger partial charge in [0.15, 0.2) is 6.23 Å². The molecule has 1 aliphatic heterocycles. The molecule has 0 spiro atoms. The Hall–Kier alpha value is -0.370. The third kappa shape index (κ3) is 17.8.